The van der Waals surface area contributed by atoms with E-state index in [0.29, 0.717) is 13.0 Å². The maximum Gasteiger partial charge on any atom is 0.246 e. The predicted octanol–water partition coefficient (Wildman–Crippen LogP) is 2.46. The molecule has 19 heavy (non-hydrogen) atoms. The van der Waals surface area contributed by atoms with Crippen LogP contribution in [0.2, 0.25) is 0 Å². The van der Waals surface area contributed by atoms with Gasteiger partial charge in [0.15, 0.2) is 0 Å². The Kier molecular flexibility index (Phi) is 5.70. The number of likely N-dealkylation sites (N-methyl/N-ethyl adjacent to an activating group) is 1. The largest absolute Gasteiger partial charge is 0.393 e. The van der Waals surface area contributed by atoms with Gasteiger partial charge in [0.1, 0.15) is 5.82 Å². The molecule has 0 aliphatic rings. The van der Waals surface area contributed by atoms with E-state index < -0.39 is 6.10 Å². The van der Waals surface area contributed by atoms with Gasteiger partial charge in [0, 0.05) is 19.7 Å². The molecule has 1 unspecified atom stereocenters. The summed E-state index contributed by atoms with van der Waals surface area (Å²) in [6.07, 6.45) is 1.65. The number of rotatable bonds is 5. The van der Waals surface area contributed by atoms with Crippen LogP contribution in [-0.2, 0) is 4.79 Å². The lowest BCUT2D eigenvalue weighted by atomic mass is 10.1. The Balaban J connectivity index is 2.67. The van der Waals surface area contributed by atoms with Crippen LogP contribution >= 0.6 is 0 Å². The monoisotopic (exact) mass is 265 g/mol. The third-order valence-electron chi connectivity index (χ3n) is 2.90. The van der Waals surface area contributed by atoms with Crippen molar-refractivity contribution in [2.75, 3.05) is 13.6 Å². The Morgan fingerprint density at radius 2 is 2.00 bits per heavy atom. The second-order valence-electron chi connectivity index (χ2n) is 4.73. The van der Waals surface area contributed by atoms with Crippen LogP contribution in [0, 0.1) is 5.82 Å². The van der Waals surface area contributed by atoms with E-state index in [1.165, 1.54) is 18.2 Å². The SMILES string of the molecule is C/C(=C/C(=O)N(C)CCC(C)O)c1ccc(F)cc1. The van der Waals surface area contributed by atoms with Crippen molar-refractivity contribution in [3.8, 4) is 0 Å². The average Bonchev–Trinajstić information content (AvgIpc) is 2.36. The first-order valence-electron chi connectivity index (χ1n) is 6.27. The molecule has 0 saturated heterocycles. The van der Waals surface area contributed by atoms with Gasteiger partial charge in [0.25, 0.3) is 0 Å². The van der Waals surface area contributed by atoms with Gasteiger partial charge in [-0.3, -0.25) is 4.79 Å². The molecule has 1 rings (SSSR count). The molecule has 1 aromatic rings. The molecule has 0 aliphatic carbocycles. The van der Waals surface area contributed by atoms with Crippen LogP contribution in [-0.4, -0.2) is 35.6 Å². The van der Waals surface area contributed by atoms with Gasteiger partial charge in [0.05, 0.1) is 6.10 Å². The van der Waals surface area contributed by atoms with E-state index in [0.717, 1.165) is 11.1 Å². The molecule has 0 radical (unpaired) electrons. The number of aliphatic hydroxyl groups is 1. The summed E-state index contributed by atoms with van der Waals surface area (Å²) in [5, 5.41) is 9.18. The number of aliphatic hydroxyl groups excluding tert-OH is 1. The molecule has 0 aliphatic heterocycles. The first-order valence-corrected chi connectivity index (χ1v) is 6.27. The van der Waals surface area contributed by atoms with E-state index in [9.17, 15) is 14.3 Å². The first kappa shape index (κ1) is 15.4. The molecule has 1 amide bonds. The Labute approximate surface area is 113 Å². The molecule has 1 aromatic carbocycles. The highest BCUT2D eigenvalue weighted by Gasteiger charge is 2.08. The fourth-order valence-electron chi connectivity index (χ4n) is 1.58. The van der Waals surface area contributed by atoms with Crippen LogP contribution in [0.15, 0.2) is 30.3 Å². The number of nitrogens with zero attached hydrogens (tertiary/aromatic N) is 1. The Hall–Kier alpha value is -1.68. The molecule has 0 heterocycles. The summed E-state index contributed by atoms with van der Waals surface area (Å²) in [6.45, 7) is 4.01. The van der Waals surface area contributed by atoms with Crippen molar-refractivity contribution >= 4 is 11.5 Å². The number of hydrogen-bond donors (Lipinski definition) is 1. The molecule has 0 fully saturated rings. The minimum absolute atomic E-state index is 0.123. The molecule has 0 saturated carbocycles. The fraction of sp³-hybridized carbons (Fsp3) is 0.400. The van der Waals surface area contributed by atoms with Gasteiger partial charge in [-0.15, -0.1) is 0 Å². The minimum atomic E-state index is -0.419. The molecular formula is C15H20FNO2. The van der Waals surface area contributed by atoms with Crippen LogP contribution in [0.3, 0.4) is 0 Å². The second-order valence-corrected chi connectivity index (χ2v) is 4.73. The summed E-state index contributed by atoms with van der Waals surface area (Å²) >= 11 is 0. The molecule has 0 aromatic heterocycles. The average molecular weight is 265 g/mol. The Morgan fingerprint density at radius 1 is 1.42 bits per heavy atom. The summed E-state index contributed by atoms with van der Waals surface area (Å²) in [5.74, 6) is -0.417. The minimum Gasteiger partial charge on any atom is -0.393 e. The Bertz CT molecular complexity index is 452. The summed E-state index contributed by atoms with van der Waals surface area (Å²) < 4.78 is 12.8. The highest BCUT2D eigenvalue weighted by Crippen LogP contribution is 2.14. The van der Waals surface area contributed by atoms with Crippen molar-refractivity contribution < 1.29 is 14.3 Å². The van der Waals surface area contributed by atoms with Crippen molar-refractivity contribution in [2.24, 2.45) is 0 Å². The van der Waals surface area contributed by atoms with Crippen LogP contribution in [0.5, 0.6) is 0 Å². The lowest BCUT2D eigenvalue weighted by Gasteiger charge is -2.16. The standard InChI is InChI=1S/C15H20FNO2/c1-11(13-4-6-14(16)7-5-13)10-15(19)17(3)9-8-12(2)18/h4-7,10,12,18H,8-9H2,1-3H3/b11-10-. The molecule has 0 bridgehead atoms. The quantitative estimate of drug-likeness (QED) is 0.831. The number of carbonyl (C=O) groups excluding carboxylic acids is 1. The van der Waals surface area contributed by atoms with Gasteiger partial charge < -0.3 is 10.0 Å². The van der Waals surface area contributed by atoms with Gasteiger partial charge in [-0.05, 0) is 43.5 Å². The zero-order valence-electron chi connectivity index (χ0n) is 11.6. The molecule has 1 N–H and O–H groups in total. The van der Waals surface area contributed by atoms with Crippen molar-refractivity contribution in [3.05, 3.63) is 41.7 Å². The molecule has 4 heteroatoms. The summed E-state index contributed by atoms with van der Waals surface area (Å²) in [7, 11) is 1.69. The maximum absolute atomic E-state index is 12.8. The van der Waals surface area contributed by atoms with Crippen molar-refractivity contribution in [1.29, 1.82) is 0 Å². The molecule has 3 nitrogen and oxygen atoms in total. The number of carbonyl (C=O) groups is 1. The summed E-state index contributed by atoms with van der Waals surface area (Å²) in [4.78, 5) is 13.5. The highest BCUT2D eigenvalue weighted by atomic mass is 19.1. The maximum atomic E-state index is 12.8. The van der Waals surface area contributed by atoms with Gasteiger partial charge >= 0.3 is 0 Å². The highest BCUT2D eigenvalue weighted by molar-refractivity contribution is 5.94. The molecule has 1 atom stereocenters. The molecular weight excluding hydrogens is 245 g/mol. The Morgan fingerprint density at radius 3 is 2.53 bits per heavy atom. The van der Waals surface area contributed by atoms with Crippen LogP contribution in [0.1, 0.15) is 25.8 Å². The number of amides is 1. The molecule has 104 valence electrons. The van der Waals surface area contributed by atoms with E-state index in [2.05, 4.69) is 0 Å². The number of allylic oxidation sites excluding steroid dienone is 1. The predicted molar refractivity (Wildman–Crippen MR) is 74.0 cm³/mol. The number of halogens is 1. The van der Waals surface area contributed by atoms with E-state index in [-0.39, 0.29) is 11.7 Å². The smallest absolute Gasteiger partial charge is 0.246 e. The van der Waals surface area contributed by atoms with E-state index >= 15 is 0 Å². The van der Waals surface area contributed by atoms with Crippen LogP contribution < -0.4 is 0 Å². The van der Waals surface area contributed by atoms with Gasteiger partial charge in [-0.1, -0.05) is 12.1 Å². The number of hydrogen-bond acceptors (Lipinski definition) is 2. The van der Waals surface area contributed by atoms with Gasteiger partial charge in [-0.25, -0.2) is 4.39 Å². The number of benzene rings is 1. The van der Waals surface area contributed by atoms with Crippen molar-refractivity contribution in [3.63, 3.8) is 0 Å². The van der Waals surface area contributed by atoms with E-state index in [4.69, 9.17) is 0 Å². The normalized spacial score (nSPS) is 13.2. The molecule has 0 spiro atoms. The fourth-order valence-corrected chi connectivity index (χ4v) is 1.58. The first-order chi connectivity index (χ1) is 8.90. The van der Waals surface area contributed by atoms with E-state index in [1.807, 2.05) is 6.92 Å². The van der Waals surface area contributed by atoms with Gasteiger partial charge in [0.2, 0.25) is 5.91 Å². The van der Waals surface area contributed by atoms with Crippen LogP contribution in [0.25, 0.3) is 5.57 Å². The third kappa shape index (κ3) is 5.22. The van der Waals surface area contributed by atoms with Crippen LogP contribution in [0.4, 0.5) is 4.39 Å². The third-order valence-corrected chi connectivity index (χ3v) is 2.90. The topological polar surface area (TPSA) is 40.5 Å². The lowest BCUT2D eigenvalue weighted by molar-refractivity contribution is -0.124. The lowest BCUT2D eigenvalue weighted by Crippen LogP contribution is -2.28. The zero-order valence-corrected chi connectivity index (χ0v) is 11.6. The van der Waals surface area contributed by atoms with E-state index in [1.54, 1.807) is 31.0 Å². The summed E-state index contributed by atoms with van der Waals surface area (Å²) in [6, 6.07) is 6.02. The van der Waals surface area contributed by atoms with Crippen molar-refractivity contribution in [2.45, 2.75) is 26.4 Å². The zero-order chi connectivity index (χ0) is 14.4. The summed E-state index contributed by atoms with van der Waals surface area (Å²) in [5.41, 5.74) is 1.60. The van der Waals surface area contributed by atoms with Gasteiger partial charge in [-0.2, -0.15) is 0 Å². The van der Waals surface area contributed by atoms with Crippen molar-refractivity contribution in [1.82, 2.24) is 4.90 Å². The second kappa shape index (κ2) is 7.04.